The number of aromatic nitrogens is 3. The number of amides is 1. The minimum absolute atomic E-state index is 0.00134. The van der Waals surface area contributed by atoms with Crippen molar-refractivity contribution in [3.05, 3.63) is 77.6 Å². The predicted octanol–water partition coefficient (Wildman–Crippen LogP) is 5.48. The van der Waals surface area contributed by atoms with Crippen LogP contribution >= 0.6 is 11.8 Å². The molecule has 1 fully saturated rings. The first-order chi connectivity index (χ1) is 15.1. The van der Waals surface area contributed by atoms with Crippen molar-refractivity contribution >= 4 is 17.7 Å². The van der Waals surface area contributed by atoms with Gasteiger partial charge in [-0.3, -0.25) is 4.79 Å². The van der Waals surface area contributed by atoms with E-state index in [2.05, 4.69) is 44.3 Å². The fourth-order valence-electron chi connectivity index (χ4n) is 4.31. The monoisotopic (exact) mass is 434 g/mol. The first kappa shape index (κ1) is 21.6. The number of nitrogens with zero attached hydrogens (tertiary/aromatic N) is 3. The highest BCUT2D eigenvalue weighted by Crippen LogP contribution is 2.34. The van der Waals surface area contributed by atoms with E-state index < -0.39 is 0 Å². The maximum atomic E-state index is 13.2. The van der Waals surface area contributed by atoms with Gasteiger partial charge in [0, 0.05) is 6.04 Å². The number of carbonyl (C=O) groups excluding carboxylic acids is 1. The SMILES string of the molecule is Cc1nnc(SC(C)C(=O)NC(c2ccccc2)c2ccccc2)n1C1CCCCC1. The van der Waals surface area contributed by atoms with E-state index in [0.717, 1.165) is 34.9 Å². The van der Waals surface area contributed by atoms with Gasteiger partial charge in [-0.05, 0) is 37.8 Å². The van der Waals surface area contributed by atoms with Crippen LogP contribution in [0.25, 0.3) is 0 Å². The largest absolute Gasteiger partial charge is 0.344 e. The van der Waals surface area contributed by atoms with E-state index in [1.54, 1.807) is 0 Å². The number of rotatable bonds is 7. The second-order valence-electron chi connectivity index (χ2n) is 8.21. The summed E-state index contributed by atoms with van der Waals surface area (Å²) in [5.41, 5.74) is 2.14. The molecule has 0 bridgehead atoms. The van der Waals surface area contributed by atoms with Gasteiger partial charge >= 0.3 is 0 Å². The van der Waals surface area contributed by atoms with Gasteiger partial charge in [-0.2, -0.15) is 0 Å². The standard InChI is InChI=1S/C25H30N4OS/c1-18(31-25-28-27-19(2)29(25)22-16-10-5-11-17-22)24(30)26-23(20-12-6-3-7-13-20)21-14-8-4-9-15-21/h3-4,6-9,12-15,18,22-23H,5,10-11,16-17H2,1-2H3,(H,26,30). The lowest BCUT2D eigenvalue weighted by molar-refractivity contribution is -0.120. The van der Waals surface area contributed by atoms with Crippen molar-refractivity contribution in [3.8, 4) is 0 Å². The molecule has 4 rings (SSSR count). The Morgan fingerprint density at radius 1 is 0.968 bits per heavy atom. The van der Waals surface area contributed by atoms with Crippen molar-refractivity contribution in [3.63, 3.8) is 0 Å². The number of carbonyl (C=O) groups is 1. The second-order valence-corrected chi connectivity index (χ2v) is 9.52. The van der Waals surface area contributed by atoms with Gasteiger partial charge in [0.25, 0.3) is 0 Å². The Morgan fingerprint density at radius 2 is 1.55 bits per heavy atom. The summed E-state index contributed by atoms with van der Waals surface area (Å²) in [5.74, 6) is 0.937. The Morgan fingerprint density at radius 3 is 2.13 bits per heavy atom. The number of thioether (sulfide) groups is 1. The Hall–Kier alpha value is -2.60. The van der Waals surface area contributed by atoms with Crippen LogP contribution < -0.4 is 5.32 Å². The molecule has 0 spiro atoms. The molecule has 1 atom stereocenters. The van der Waals surface area contributed by atoms with Crippen LogP contribution in [-0.4, -0.2) is 25.9 Å². The molecular weight excluding hydrogens is 404 g/mol. The first-order valence-corrected chi connectivity index (χ1v) is 12.0. The molecule has 0 aliphatic heterocycles. The normalized spacial score (nSPS) is 15.7. The fraction of sp³-hybridized carbons (Fsp3) is 0.400. The summed E-state index contributed by atoms with van der Waals surface area (Å²) in [6.45, 7) is 3.96. The molecule has 6 heteroatoms. The van der Waals surface area contributed by atoms with E-state index in [9.17, 15) is 4.79 Å². The minimum Gasteiger partial charge on any atom is -0.344 e. The van der Waals surface area contributed by atoms with Gasteiger partial charge in [0.15, 0.2) is 5.16 Å². The number of hydrogen-bond acceptors (Lipinski definition) is 4. The second kappa shape index (κ2) is 10.1. The topological polar surface area (TPSA) is 59.8 Å². The molecule has 3 aromatic rings. The maximum absolute atomic E-state index is 13.2. The van der Waals surface area contributed by atoms with E-state index in [0.29, 0.717) is 6.04 Å². The molecule has 162 valence electrons. The summed E-state index contributed by atoms with van der Waals surface area (Å²) in [6.07, 6.45) is 6.13. The third kappa shape index (κ3) is 5.18. The van der Waals surface area contributed by atoms with Crippen LogP contribution in [0.4, 0.5) is 0 Å². The molecule has 5 nitrogen and oxygen atoms in total. The quantitative estimate of drug-likeness (QED) is 0.500. The maximum Gasteiger partial charge on any atom is 0.234 e. The average molecular weight is 435 g/mol. The zero-order valence-electron chi connectivity index (χ0n) is 18.2. The molecule has 1 unspecified atom stereocenters. The van der Waals surface area contributed by atoms with E-state index in [1.807, 2.05) is 50.2 Å². The van der Waals surface area contributed by atoms with Gasteiger partial charge in [0.05, 0.1) is 11.3 Å². The van der Waals surface area contributed by atoms with E-state index >= 15 is 0 Å². The van der Waals surface area contributed by atoms with Crippen molar-refractivity contribution in [2.75, 3.05) is 0 Å². The van der Waals surface area contributed by atoms with E-state index in [1.165, 1.54) is 31.0 Å². The molecule has 1 aliphatic rings. The lowest BCUT2D eigenvalue weighted by atomic mass is 9.95. The lowest BCUT2D eigenvalue weighted by Crippen LogP contribution is -2.35. The zero-order valence-corrected chi connectivity index (χ0v) is 19.0. The van der Waals surface area contributed by atoms with Crippen molar-refractivity contribution in [1.82, 2.24) is 20.1 Å². The van der Waals surface area contributed by atoms with Crippen LogP contribution in [0, 0.1) is 6.92 Å². The number of aryl methyl sites for hydroxylation is 1. The zero-order chi connectivity index (χ0) is 21.6. The number of nitrogens with one attached hydrogen (secondary N) is 1. The minimum atomic E-state index is -0.277. The molecule has 1 aromatic heterocycles. The van der Waals surface area contributed by atoms with Crippen molar-refractivity contribution in [1.29, 1.82) is 0 Å². The van der Waals surface area contributed by atoms with Crippen LogP contribution in [-0.2, 0) is 4.79 Å². The molecular formula is C25H30N4OS. The highest BCUT2D eigenvalue weighted by atomic mass is 32.2. The molecule has 1 saturated carbocycles. The summed E-state index contributed by atoms with van der Waals surface area (Å²) in [7, 11) is 0. The smallest absolute Gasteiger partial charge is 0.234 e. The van der Waals surface area contributed by atoms with Gasteiger partial charge in [-0.15, -0.1) is 10.2 Å². The lowest BCUT2D eigenvalue weighted by Gasteiger charge is -2.26. The van der Waals surface area contributed by atoms with Gasteiger partial charge in [0.1, 0.15) is 5.82 Å². The van der Waals surface area contributed by atoms with Crippen LogP contribution in [0.3, 0.4) is 0 Å². The Kier molecular flexibility index (Phi) is 7.07. The van der Waals surface area contributed by atoms with Crippen LogP contribution in [0.15, 0.2) is 65.8 Å². The molecule has 1 aliphatic carbocycles. The Bertz CT molecular complexity index is 944. The third-order valence-electron chi connectivity index (χ3n) is 5.98. The van der Waals surface area contributed by atoms with Crippen molar-refractivity contribution in [2.45, 2.75) is 68.4 Å². The first-order valence-electron chi connectivity index (χ1n) is 11.1. The molecule has 0 saturated heterocycles. The molecule has 2 aromatic carbocycles. The molecule has 1 amide bonds. The van der Waals surface area contributed by atoms with Crippen LogP contribution in [0.5, 0.6) is 0 Å². The van der Waals surface area contributed by atoms with Gasteiger partial charge in [-0.1, -0.05) is 91.7 Å². The summed E-state index contributed by atoms with van der Waals surface area (Å²) in [5, 5.41) is 12.6. The molecule has 0 radical (unpaired) electrons. The predicted molar refractivity (Wildman–Crippen MR) is 125 cm³/mol. The highest BCUT2D eigenvalue weighted by molar-refractivity contribution is 8.00. The van der Waals surface area contributed by atoms with Crippen molar-refractivity contribution in [2.24, 2.45) is 0 Å². The average Bonchev–Trinajstić information content (AvgIpc) is 3.18. The summed E-state index contributed by atoms with van der Waals surface area (Å²) in [4.78, 5) is 13.2. The Labute approximate surface area is 188 Å². The van der Waals surface area contributed by atoms with Crippen LogP contribution in [0.1, 0.15) is 68.1 Å². The number of hydrogen-bond donors (Lipinski definition) is 1. The van der Waals surface area contributed by atoms with Gasteiger partial charge in [0.2, 0.25) is 5.91 Å². The van der Waals surface area contributed by atoms with Crippen molar-refractivity contribution < 1.29 is 4.79 Å². The van der Waals surface area contributed by atoms with Gasteiger partial charge in [-0.25, -0.2) is 0 Å². The Balaban J connectivity index is 1.50. The molecule has 31 heavy (non-hydrogen) atoms. The van der Waals surface area contributed by atoms with E-state index in [4.69, 9.17) is 0 Å². The molecule has 1 N–H and O–H groups in total. The third-order valence-corrected chi connectivity index (χ3v) is 7.04. The summed E-state index contributed by atoms with van der Waals surface area (Å²) >= 11 is 1.50. The van der Waals surface area contributed by atoms with Crippen LogP contribution in [0.2, 0.25) is 0 Å². The summed E-state index contributed by atoms with van der Waals surface area (Å²) < 4.78 is 2.25. The number of benzene rings is 2. The summed E-state index contributed by atoms with van der Waals surface area (Å²) in [6, 6.07) is 20.5. The van der Waals surface area contributed by atoms with E-state index in [-0.39, 0.29) is 17.2 Å². The highest BCUT2D eigenvalue weighted by Gasteiger charge is 2.26. The fourth-order valence-corrected chi connectivity index (χ4v) is 5.29. The molecule has 1 heterocycles. The van der Waals surface area contributed by atoms with Gasteiger partial charge < -0.3 is 9.88 Å².